The number of aromatic hydroxyl groups is 1. The van der Waals surface area contributed by atoms with Crippen molar-refractivity contribution in [3.05, 3.63) is 53.7 Å². The van der Waals surface area contributed by atoms with Crippen LogP contribution in [-0.2, 0) is 6.42 Å². The van der Waals surface area contributed by atoms with Crippen molar-refractivity contribution in [2.45, 2.75) is 32.2 Å². The number of phenolic OH excluding ortho intramolecular Hbond substituents is 1. The van der Waals surface area contributed by atoms with Gasteiger partial charge in [-0.25, -0.2) is 9.78 Å². The molecule has 1 aliphatic heterocycles. The molecule has 2 N–H and O–H groups in total. The van der Waals surface area contributed by atoms with E-state index in [1.165, 1.54) is 0 Å². The minimum Gasteiger partial charge on any atom is -0.508 e. The summed E-state index contributed by atoms with van der Waals surface area (Å²) < 4.78 is 0. The molecule has 0 radical (unpaired) electrons. The Morgan fingerprint density at radius 2 is 2.03 bits per heavy atom. The summed E-state index contributed by atoms with van der Waals surface area (Å²) in [5, 5.41) is 21.7. The maximum absolute atomic E-state index is 12.7. The Morgan fingerprint density at radius 1 is 1.24 bits per heavy atom. The molecule has 2 heterocycles. The average Bonchev–Trinajstić information content (AvgIpc) is 2.99. The van der Waals surface area contributed by atoms with Crippen LogP contribution in [0.4, 0.5) is 10.6 Å². The van der Waals surface area contributed by atoms with Crippen LogP contribution in [-0.4, -0.2) is 53.2 Å². The van der Waals surface area contributed by atoms with E-state index >= 15 is 0 Å². The first-order valence-corrected chi connectivity index (χ1v) is 10.00. The predicted octanol–water partition coefficient (Wildman–Crippen LogP) is 2.90. The molecule has 1 unspecified atom stereocenters. The Kier molecular flexibility index (Phi) is 6.90. The standard InChI is InChI=1S/C22H27N5O2/c1-17(5-6-18-7-9-20(28)10-8-18)25-22(29)27-13-3-12-26(14-15-27)21-19(16-23)4-2-11-24-21/h2,4,7-11,17,28H,3,5-6,12-15H2,1H3,(H,25,29). The molecule has 1 atom stereocenters. The summed E-state index contributed by atoms with van der Waals surface area (Å²) in [5.41, 5.74) is 1.70. The van der Waals surface area contributed by atoms with E-state index in [1.54, 1.807) is 30.5 Å². The van der Waals surface area contributed by atoms with Crippen molar-refractivity contribution in [3.63, 3.8) is 0 Å². The predicted molar refractivity (Wildman–Crippen MR) is 112 cm³/mol. The van der Waals surface area contributed by atoms with Crippen molar-refractivity contribution >= 4 is 11.8 Å². The highest BCUT2D eigenvalue weighted by molar-refractivity contribution is 5.74. The molecule has 3 rings (SSSR count). The molecular weight excluding hydrogens is 366 g/mol. The number of amides is 2. The summed E-state index contributed by atoms with van der Waals surface area (Å²) in [7, 11) is 0. The van der Waals surface area contributed by atoms with E-state index in [1.807, 2.05) is 24.0 Å². The fourth-order valence-corrected chi connectivity index (χ4v) is 3.49. The van der Waals surface area contributed by atoms with E-state index in [0.29, 0.717) is 31.0 Å². The molecule has 7 heteroatoms. The summed E-state index contributed by atoms with van der Waals surface area (Å²) in [6.45, 7) is 4.71. The molecule has 7 nitrogen and oxygen atoms in total. The summed E-state index contributed by atoms with van der Waals surface area (Å²) in [5.74, 6) is 0.956. The van der Waals surface area contributed by atoms with Gasteiger partial charge in [0.2, 0.25) is 0 Å². The van der Waals surface area contributed by atoms with Crippen molar-refractivity contribution in [2.24, 2.45) is 0 Å². The number of pyridine rings is 1. The maximum atomic E-state index is 12.7. The van der Waals surface area contributed by atoms with Gasteiger partial charge >= 0.3 is 6.03 Å². The van der Waals surface area contributed by atoms with Crippen molar-refractivity contribution in [2.75, 3.05) is 31.1 Å². The highest BCUT2D eigenvalue weighted by atomic mass is 16.3. The summed E-state index contributed by atoms with van der Waals surface area (Å²) in [6.07, 6.45) is 4.19. The number of carbonyl (C=O) groups excluding carboxylic acids is 1. The number of aromatic nitrogens is 1. The van der Waals surface area contributed by atoms with E-state index < -0.39 is 0 Å². The second-order valence-corrected chi connectivity index (χ2v) is 7.37. The number of nitrogens with zero attached hydrogens (tertiary/aromatic N) is 4. The molecule has 0 bridgehead atoms. The van der Waals surface area contributed by atoms with Crippen LogP contribution in [0.3, 0.4) is 0 Å². The van der Waals surface area contributed by atoms with Gasteiger partial charge < -0.3 is 20.2 Å². The first-order valence-electron chi connectivity index (χ1n) is 10.00. The zero-order valence-corrected chi connectivity index (χ0v) is 16.7. The smallest absolute Gasteiger partial charge is 0.317 e. The number of nitrogens with one attached hydrogen (secondary N) is 1. The van der Waals surface area contributed by atoms with Crippen molar-refractivity contribution in [3.8, 4) is 11.8 Å². The van der Waals surface area contributed by atoms with Crippen LogP contribution in [0.25, 0.3) is 0 Å². The van der Waals surface area contributed by atoms with E-state index in [0.717, 1.165) is 31.4 Å². The SMILES string of the molecule is CC(CCc1ccc(O)cc1)NC(=O)N1CCCN(c2ncccc2C#N)CC1. The van der Waals surface area contributed by atoms with Gasteiger partial charge in [0.1, 0.15) is 17.6 Å². The third kappa shape index (κ3) is 5.61. The summed E-state index contributed by atoms with van der Waals surface area (Å²) in [6, 6.07) is 12.9. The third-order valence-electron chi connectivity index (χ3n) is 5.16. The second kappa shape index (κ2) is 9.78. The van der Waals surface area contributed by atoms with E-state index in [-0.39, 0.29) is 17.8 Å². The van der Waals surface area contributed by atoms with Crippen LogP contribution in [0, 0.1) is 11.3 Å². The number of rotatable bonds is 5. The topological polar surface area (TPSA) is 92.5 Å². The molecule has 2 amide bonds. The van der Waals surface area contributed by atoms with Gasteiger partial charge in [-0.2, -0.15) is 5.26 Å². The number of benzene rings is 1. The molecule has 2 aromatic rings. The Labute approximate surface area is 171 Å². The van der Waals surface area contributed by atoms with Gasteiger partial charge in [-0.15, -0.1) is 0 Å². The number of carbonyl (C=O) groups is 1. The van der Waals surface area contributed by atoms with Crippen LogP contribution < -0.4 is 10.2 Å². The maximum Gasteiger partial charge on any atom is 0.317 e. The highest BCUT2D eigenvalue weighted by Gasteiger charge is 2.22. The molecule has 1 aromatic carbocycles. The van der Waals surface area contributed by atoms with Crippen LogP contribution in [0.15, 0.2) is 42.6 Å². The largest absolute Gasteiger partial charge is 0.508 e. The van der Waals surface area contributed by atoms with Crippen molar-refractivity contribution < 1.29 is 9.90 Å². The van der Waals surface area contributed by atoms with Gasteiger partial charge in [-0.1, -0.05) is 12.1 Å². The molecule has 1 aromatic heterocycles. The van der Waals surface area contributed by atoms with Crippen LogP contribution >= 0.6 is 0 Å². The van der Waals surface area contributed by atoms with Crippen molar-refractivity contribution in [1.82, 2.24) is 15.2 Å². The van der Waals surface area contributed by atoms with Gasteiger partial charge in [0.25, 0.3) is 0 Å². The number of anilines is 1. The highest BCUT2D eigenvalue weighted by Crippen LogP contribution is 2.18. The number of nitriles is 1. The van der Waals surface area contributed by atoms with Gasteiger partial charge in [-0.3, -0.25) is 0 Å². The first-order chi connectivity index (χ1) is 14.1. The molecule has 152 valence electrons. The molecule has 1 fully saturated rings. The molecule has 1 aliphatic rings. The quantitative estimate of drug-likeness (QED) is 0.815. The Balaban J connectivity index is 1.50. The average molecular weight is 393 g/mol. The second-order valence-electron chi connectivity index (χ2n) is 7.37. The van der Waals surface area contributed by atoms with Gasteiger partial charge in [0, 0.05) is 38.4 Å². The number of hydrogen-bond donors (Lipinski definition) is 2. The van der Waals surface area contributed by atoms with Gasteiger partial charge in [0.15, 0.2) is 0 Å². The lowest BCUT2D eigenvalue weighted by Crippen LogP contribution is -2.45. The minimum absolute atomic E-state index is 0.0495. The van der Waals surface area contributed by atoms with Crippen molar-refractivity contribution in [1.29, 1.82) is 5.26 Å². The number of hydrogen-bond acceptors (Lipinski definition) is 5. The Hall–Kier alpha value is -3.27. The van der Waals surface area contributed by atoms with E-state index in [4.69, 9.17) is 0 Å². The zero-order valence-electron chi connectivity index (χ0n) is 16.7. The summed E-state index contributed by atoms with van der Waals surface area (Å²) >= 11 is 0. The Morgan fingerprint density at radius 3 is 2.79 bits per heavy atom. The monoisotopic (exact) mass is 393 g/mol. The van der Waals surface area contributed by atoms with E-state index in [9.17, 15) is 15.2 Å². The fraction of sp³-hybridized carbons (Fsp3) is 0.409. The van der Waals surface area contributed by atoms with Crippen LogP contribution in [0.2, 0.25) is 0 Å². The molecule has 0 saturated carbocycles. The lowest BCUT2D eigenvalue weighted by molar-refractivity contribution is 0.197. The summed E-state index contributed by atoms with van der Waals surface area (Å²) in [4.78, 5) is 21.0. The third-order valence-corrected chi connectivity index (χ3v) is 5.16. The molecule has 0 spiro atoms. The Bertz CT molecular complexity index is 862. The number of aryl methyl sites for hydroxylation is 1. The molecule has 0 aliphatic carbocycles. The molecule has 29 heavy (non-hydrogen) atoms. The van der Waals surface area contributed by atoms with Gasteiger partial charge in [-0.05, 0) is 56.0 Å². The molecule has 1 saturated heterocycles. The van der Waals surface area contributed by atoms with Crippen LogP contribution in [0.5, 0.6) is 5.75 Å². The van der Waals surface area contributed by atoms with E-state index in [2.05, 4.69) is 21.3 Å². The lowest BCUT2D eigenvalue weighted by atomic mass is 10.1. The molecular formula is C22H27N5O2. The normalized spacial score (nSPS) is 15.3. The van der Waals surface area contributed by atoms with Crippen LogP contribution in [0.1, 0.15) is 30.9 Å². The lowest BCUT2D eigenvalue weighted by Gasteiger charge is -2.25. The van der Waals surface area contributed by atoms with Gasteiger partial charge in [0.05, 0.1) is 5.56 Å². The number of phenols is 1. The first kappa shape index (κ1) is 20.5. The fourth-order valence-electron chi connectivity index (χ4n) is 3.49. The minimum atomic E-state index is -0.0495. The zero-order chi connectivity index (χ0) is 20.6. The number of urea groups is 1.